The SMILES string of the molecule is COc1ccccc1SCc1cccc(C(=O)O)c1F. The average Bonchev–Trinajstić information content (AvgIpc) is 2.46. The number of carboxylic acid groups (broad SMARTS) is 1. The molecule has 2 aromatic rings. The molecule has 0 fully saturated rings. The highest BCUT2D eigenvalue weighted by atomic mass is 32.2. The van der Waals surface area contributed by atoms with Gasteiger partial charge < -0.3 is 9.84 Å². The molecule has 0 bridgehead atoms. The van der Waals surface area contributed by atoms with Crippen LogP contribution >= 0.6 is 11.8 Å². The summed E-state index contributed by atoms with van der Waals surface area (Å²) >= 11 is 1.40. The zero-order valence-corrected chi connectivity index (χ0v) is 11.6. The van der Waals surface area contributed by atoms with E-state index in [4.69, 9.17) is 9.84 Å². The third-order valence-corrected chi connectivity index (χ3v) is 3.86. The van der Waals surface area contributed by atoms with Crippen molar-refractivity contribution < 1.29 is 19.0 Å². The third-order valence-electron chi connectivity index (χ3n) is 2.76. The summed E-state index contributed by atoms with van der Waals surface area (Å²) in [5, 5.41) is 8.89. The molecule has 0 aliphatic carbocycles. The quantitative estimate of drug-likeness (QED) is 0.851. The van der Waals surface area contributed by atoms with Gasteiger partial charge in [-0.3, -0.25) is 0 Å². The summed E-state index contributed by atoms with van der Waals surface area (Å²) in [5.41, 5.74) is 0.0592. The van der Waals surface area contributed by atoms with Gasteiger partial charge in [0.25, 0.3) is 0 Å². The fraction of sp³-hybridized carbons (Fsp3) is 0.133. The van der Waals surface area contributed by atoms with Crippen LogP contribution in [0, 0.1) is 5.82 Å². The van der Waals surface area contributed by atoms with Gasteiger partial charge in [-0.2, -0.15) is 0 Å². The highest BCUT2D eigenvalue weighted by molar-refractivity contribution is 7.98. The van der Waals surface area contributed by atoms with Gasteiger partial charge in [-0.15, -0.1) is 11.8 Å². The Hall–Kier alpha value is -2.01. The molecule has 0 amide bonds. The number of thioether (sulfide) groups is 1. The summed E-state index contributed by atoms with van der Waals surface area (Å²) < 4.78 is 19.2. The molecular weight excluding hydrogens is 279 g/mol. The second kappa shape index (κ2) is 6.43. The number of halogens is 1. The van der Waals surface area contributed by atoms with Crippen LogP contribution < -0.4 is 4.74 Å². The second-order valence-corrected chi connectivity index (χ2v) is 5.04. The summed E-state index contributed by atoms with van der Waals surface area (Å²) in [5.74, 6) is -0.880. The van der Waals surface area contributed by atoms with Crippen molar-refractivity contribution in [3.8, 4) is 5.75 Å². The van der Waals surface area contributed by atoms with Gasteiger partial charge >= 0.3 is 5.97 Å². The predicted octanol–water partition coefficient (Wildman–Crippen LogP) is 3.82. The van der Waals surface area contributed by atoms with Crippen LogP contribution in [0.3, 0.4) is 0 Å². The molecule has 0 saturated heterocycles. The maximum Gasteiger partial charge on any atom is 0.338 e. The molecule has 5 heteroatoms. The molecule has 0 heterocycles. The molecule has 0 saturated carbocycles. The second-order valence-electron chi connectivity index (χ2n) is 4.02. The van der Waals surface area contributed by atoms with Crippen LogP contribution in [0.25, 0.3) is 0 Å². The molecule has 1 N–H and O–H groups in total. The predicted molar refractivity (Wildman–Crippen MR) is 75.9 cm³/mol. The minimum atomic E-state index is -1.26. The van der Waals surface area contributed by atoms with E-state index in [0.717, 1.165) is 4.90 Å². The van der Waals surface area contributed by atoms with Crippen LogP contribution in [0.2, 0.25) is 0 Å². The number of hydrogen-bond donors (Lipinski definition) is 1. The number of carbonyl (C=O) groups is 1. The van der Waals surface area contributed by atoms with Crippen LogP contribution in [0.4, 0.5) is 4.39 Å². The van der Waals surface area contributed by atoms with Crippen LogP contribution in [0.1, 0.15) is 15.9 Å². The summed E-state index contributed by atoms with van der Waals surface area (Å²) in [7, 11) is 1.57. The van der Waals surface area contributed by atoms with Gasteiger partial charge in [0, 0.05) is 10.6 Å². The molecular formula is C15H13FO3S. The van der Waals surface area contributed by atoms with Crippen molar-refractivity contribution in [3.63, 3.8) is 0 Å². The number of aromatic carboxylic acids is 1. The van der Waals surface area contributed by atoms with Crippen LogP contribution in [-0.2, 0) is 5.75 Å². The van der Waals surface area contributed by atoms with Crippen molar-refractivity contribution in [1.82, 2.24) is 0 Å². The van der Waals surface area contributed by atoms with E-state index in [-0.39, 0.29) is 5.56 Å². The van der Waals surface area contributed by atoms with E-state index < -0.39 is 11.8 Å². The lowest BCUT2D eigenvalue weighted by Crippen LogP contribution is -2.02. The Bertz CT molecular complexity index is 628. The Labute approximate surface area is 120 Å². The zero-order valence-electron chi connectivity index (χ0n) is 10.8. The van der Waals surface area contributed by atoms with Crippen molar-refractivity contribution in [2.45, 2.75) is 10.6 Å². The van der Waals surface area contributed by atoms with Crippen molar-refractivity contribution in [3.05, 3.63) is 59.4 Å². The molecule has 0 spiro atoms. The van der Waals surface area contributed by atoms with Crippen molar-refractivity contribution in [1.29, 1.82) is 0 Å². The number of benzene rings is 2. The van der Waals surface area contributed by atoms with Gasteiger partial charge in [0.2, 0.25) is 0 Å². The van der Waals surface area contributed by atoms with Crippen molar-refractivity contribution in [2.75, 3.05) is 7.11 Å². The molecule has 20 heavy (non-hydrogen) atoms. The van der Waals surface area contributed by atoms with E-state index >= 15 is 0 Å². The molecule has 2 rings (SSSR count). The van der Waals surface area contributed by atoms with Crippen LogP contribution in [-0.4, -0.2) is 18.2 Å². The number of ether oxygens (including phenoxy) is 1. The van der Waals surface area contributed by atoms with Crippen molar-refractivity contribution in [2.24, 2.45) is 0 Å². The first kappa shape index (κ1) is 14.4. The Kier molecular flexibility index (Phi) is 4.63. The minimum Gasteiger partial charge on any atom is -0.496 e. The first-order valence-electron chi connectivity index (χ1n) is 5.90. The maximum atomic E-state index is 14.0. The summed E-state index contributed by atoms with van der Waals surface area (Å²) in [4.78, 5) is 11.8. The normalized spacial score (nSPS) is 10.3. The molecule has 3 nitrogen and oxygen atoms in total. The Morgan fingerprint density at radius 2 is 2.00 bits per heavy atom. The number of rotatable bonds is 5. The number of methoxy groups -OCH3 is 1. The largest absolute Gasteiger partial charge is 0.496 e. The molecule has 0 aliphatic rings. The Balaban J connectivity index is 2.19. The summed E-state index contributed by atoms with van der Waals surface area (Å²) in [6.45, 7) is 0. The Morgan fingerprint density at radius 1 is 1.25 bits per heavy atom. The zero-order chi connectivity index (χ0) is 14.5. The molecule has 2 aromatic carbocycles. The molecule has 0 aliphatic heterocycles. The van der Waals surface area contributed by atoms with Gasteiger partial charge in [-0.25, -0.2) is 9.18 Å². The number of para-hydroxylation sites is 1. The smallest absolute Gasteiger partial charge is 0.338 e. The topological polar surface area (TPSA) is 46.5 Å². The Morgan fingerprint density at radius 3 is 2.70 bits per heavy atom. The lowest BCUT2D eigenvalue weighted by molar-refractivity contribution is 0.0691. The minimum absolute atomic E-state index is 0.303. The molecule has 104 valence electrons. The maximum absolute atomic E-state index is 14.0. The van der Waals surface area contributed by atoms with E-state index in [2.05, 4.69) is 0 Å². The number of hydrogen-bond acceptors (Lipinski definition) is 3. The molecule has 0 aromatic heterocycles. The lowest BCUT2D eigenvalue weighted by Gasteiger charge is -2.09. The van der Waals surface area contributed by atoms with Gasteiger partial charge in [0.1, 0.15) is 11.6 Å². The van der Waals surface area contributed by atoms with Gasteiger partial charge in [-0.1, -0.05) is 24.3 Å². The first-order valence-corrected chi connectivity index (χ1v) is 6.88. The lowest BCUT2D eigenvalue weighted by atomic mass is 10.1. The molecule has 0 unspecified atom stereocenters. The molecule has 0 atom stereocenters. The van der Waals surface area contributed by atoms with Gasteiger partial charge in [0.05, 0.1) is 12.7 Å². The summed E-state index contributed by atoms with van der Waals surface area (Å²) in [6, 6.07) is 11.8. The van der Waals surface area contributed by atoms with Crippen molar-refractivity contribution >= 4 is 17.7 Å². The third kappa shape index (κ3) is 3.11. The fourth-order valence-corrected chi connectivity index (χ4v) is 2.75. The number of carboxylic acids is 1. The standard InChI is InChI=1S/C15H13FO3S/c1-19-12-7-2-3-8-13(12)20-9-10-5-4-6-11(14(10)16)15(17)18/h2-8H,9H2,1H3,(H,17,18). The van der Waals surface area contributed by atoms with Gasteiger partial charge in [-0.05, 0) is 23.8 Å². The van der Waals surface area contributed by atoms with Crippen LogP contribution in [0.5, 0.6) is 5.75 Å². The molecule has 0 radical (unpaired) electrons. The van der Waals surface area contributed by atoms with E-state index in [1.165, 1.54) is 17.8 Å². The average molecular weight is 292 g/mol. The monoisotopic (exact) mass is 292 g/mol. The highest BCUT2D eigenvalue weighted by Gasteiger charge is 2.14. The van der Waals surface area contributed by atoms with E-state index in [1.807, 2.05) is 24.3 Å². The highest BCUT2D eigenvalue weighted by Crippen LogP contribution is 2.32. The van der Waals surface area contributed by atoms with E-state index in [0.29, 0.717) is 17.1 Å². The van der Waals surface area contributed by atoms with Gasteiger partial charge in [0.15, 0.2) is 0 Å². The first-order chi connectivity index (χ1) is 9.63. The summed E-state index contributed by atoms with van der Waals surface area (Å²) in [6.07, 6.45) is 0. The van der Waals surface area contributed by atoms with Crippen LogP contribution in [0.15, 0.2) is 47.4 Å². The van der Waals surface area contributed by atoms with E-state index in [9.17, 15) is 9.18 Å². The van der Waals surface area contributed by atoms with E-state index in [1.54, 1.807) is 19.2 Å². The fourth-order valence-electron chi connectivity index (χ4n) is 1.75.